The second-order valence-electron chi connectivity index (χ2n) is 8.20. The number of rotatable bonds is 10. The lowest BCUT2D eigenvalue weighted by molar-refractivity contribution is -0.119. The molecule has 178 valence electrons. The largest absolute Gasteiger partial charge is 0.378 e. The molecule has 0 aromatic heterocycles. The summed E-state index contributed by atoms with van der Waals surface area (Å²) in [5, 5.41) is 2.76. The molecule has 1 N–H and O–H groups in total. The monoisotopic (exact) mass is 467 g/mol. The molecule has 2 fully saturated rings. The molecule has 1 aromatic carbocycles. The Morgan fingerprint density at radius 1 is 1.16 bits per heavy atom. The third-order valence-corrected chi connectivity index (χ3v) is 6.83. The molecule has 10 heteroatoms. The van der Waals surface area contributed by atoms with Crippen LogP contribution in [0.2, 0.25) is 0 Å². The van der Waals surface area contributed by atoms with Gasteiger partial charge >= 0.3 is 0 Å². The average molecular weight is 468 g/mol. The van der Waals surface area contributed by atoms with E-state index in [1.165, 1.54) is 12.8 Å². The maximum atomic E-state index is 12.6. The number of anilines is 1. The van der Waals surface area contributed by atoms with Crippen molar-refractivity contribution >= 4 is 27.5 Å². The Kier molecular flexibility index (Phi) is 8.89. The van der Waals surface area contributed by atoms with Gasteiger partial charge in [0.2, 0.25) is 15.9 Å². The predicted molar refractivity (Wildman–Crippen MR) is 121 cm³/mol. The summed E-state index contributed by atoms with van der Waals surface area (Å²) in [5.41, 5.74) is 0.807. The van der Waals surface area contributed by atoms with Crippen LogP contribution >= 0.6 is 0 Å². The molecule has 1 aromatic rings. The van der Waals surface area contributed by atoms with Gasteiger partial charge in [0.05, 0.1) is 31.3 Å². The molecule has 0 unspecified atom stereocenters. The van der Waals surface area contributed by atoms with Gasteiger partial charge in [-0.15, -0.1) is 0 Å². The summed E-state index contributed by atoms with van der Waals surface area (Å²) in [6.45, 7) is 2.76. The van der Waals surface area contributed by atoms with Crippen LogP contribution in [0.5, 0.6) is 0 Å². The van der Waals surface area contributed by atoms with E-state index in [2.05, 4.69) is 5.32 Å². The van der Waals surface area contributed by atoms with Gasteiger partial charge in [-0.25, -0.2) is 8.42 Å². The molecule has 1 heterocycles. The molecule has 2 amide bonds. The number of carbonyl (C=O) groups excluding carboxylic acids is 2. The van der Waals surface area contributed by atoms with E-state index in [-0.39, 0.29) is 18.4 Å². The molecule has 9 nitrogen and oxygen atoms in total. The van der Waals surface area contributed by atoms with Crippen molar-refractivity contribution in [3.63, 3.8) is 0 Å². The van der Waals surface area contributed by atoms with E-state index in [0.717, 1.165) is 23.4 Å². The zero-order valence-electron chi connectivity index (χ0n) is 18.6. The number of nitrogens with one attached hydrogen (secondary N) is 1. The summed E-state index contributed by atoms with van der Waals surface area (Å²) < 4.78 is 36.7. The number of benzene rings is 1. The molecule has 1 saturated heterocycles. The molecule has 1 saturated carbocycles. The van der Waals surface area contributed by atoms with Crippen molar-refractivity contribution < 1.29 is 27.5 Å². The molecule has 1 aliphatic heterocycles. The lowest BCUT2D eigenvalue weighted by Crippen LogP contribution is -2.41. The number of morpholine rings is 1. The van der Waals surface area contributed by atoms with Crippen LogP contribution in [0.25, 0.3) is 0 Å². The number of ether oxygens (including phenoxy) is 2. The zero-order valence-corrected chi connectivity index (χ0v) is 19.4. The van der Waals surface area contributed by atoms with Crippen LogP contribution in [0.1, 0.15) is 42.5 Å². The van der Waals surface area contributed by atoms with Crippen LogP contribution in [0.15, 0.2) is 24.3 Å². The Labute approximate surface area is 190 Å². The van der Waals surface area contributed by atoms with Crippen molar-refractivity contribution in [2.45, 2.75) is 38.2 Å². The van der Waals surface area contributed by atoms with Gasteiger partial charge in [-0.2, -0.15) is 0 Å². The van der Waals surface area contributed by atoms with Crippen molar-refractivity contribution in [3.05, 3.63) is 29.8 Å². The highest BCUT2D eigenvalue weighted by atomic mass is 32.2. The molecule has 0 bridgehead atoms. The van der Waals surface area contributed by atoms with Crippen molar-refractivity contribution in [1.29, 1.82) is 0 Å². The fourth-order valence-electron chi connectivity index (χ4n) is 3.91. The Balaban J connectivity index is 1.51. The average Bonchev–Trinajstić information content (AvgIpc) is 3.30. The number of hydrogen-bond donors (Lipinski definition) is 1. The highest BCUT2D eigenvalue weighted by molar-refractivity contribution is 7.92. The summed E-state index contributed by atoms with van der Waals surface area (Å²) in [6.07, 6.45) is 6.71. The van der Waals surface area contributed by atoms with Crippen molar-refractivity contribution in [2.24, 2.45) is 0 Å². The first kappa shape index (κ1) is 24.5. The van der Waals surface area contributed by atoms with Crippen LogP contribution in [-0.2, 0) is 24.3 Å². The third-order valence-electron chi connectivity index (χ3n) is 5.69. The van der Waals surface area contributed by atoms with Crippen LogP contribution < -0.4 is 9.62 Å². The second kappa shape index (κ2) is 11.6. The molecular weight excluding hydrogens is 434 g/mol. The van der Waals surface area contributed by atoms with E-state index in [4.69, 9.17) is 9.47 Å². The number of nitrogens with zero attached hydrogens (tertiary/aromatic N) is 2. The smallest absolute Gasteiger partial charge is 0.254 e. The highest BCUT2D eigenvalue weighted by Gasteiger charge is 2.23. The summed E-state index contributed by atoms with van der Waals surface area (Å²) in [7, 11) is -3.68. The van der Waals surface area contributed by atoms with Crippen LogP contribution in [0.3, 0.4) is 0 Å². The van der Waals surface area contributed by atoms with Crippen LogP contribution in [0, 0.1) is 0 Å². The minimum atomic E-state index is -3.68. The summed E-state index contributed by atoms with van der Waals surface area (Å²) in [6, 6.07) is 6.28. The first-order valence-corrected chi connectivity index (χ1v) is 13.0. The van der Waals surface area contributed by atoms with Crippen molar-refractivity contribution in [3.8, 4) is 0 Å². The lowest BCUT2D eigenvalue weighted by atomic mass is 10.1. The molecule has 0 radical (unpaired) electrons. The Bertz CT molecular complexity index is 862. The number of sulfonamides is 1. The van der Waals surface area contributed by atoms with E-state index >= 15 is 0 Å². The topological polar surface area (TPSA) is 105 Å². The highest BCUT2D eigenvalue weighted by Crippen LogP contribution is 2.21. The number of hydrogen-bond acceptors (Lipinski definition) is 6. The fourth-order valence-corrected chi connectivity index (χ4v) is 4.77. The molecule has 2 aliphatic rings. The van der Waals surface area contributed by atoms with E-state index in [1.807, 2.05) is 0 Å². The van der Waals surface area contributed by atoms with E-state index < -0.39 is 10.0 Å². The van der Waals surface area contributed by atoms with Gasteiger partial charge in [0.25, 0.3) is 5.91 Å². The molecular formula is C22H33N3O6S. The van der Waals surface area contributed by atoms with E-state index in [9.17, 15) is 18.0 Å². The summed E-state index contributed by atoms with van der Waals surface area (Å²) in [4.78, 5) is 26.6. The second-order valence-corrected chi connectivity index (χ2v) is 10.1. The van der Waals surface area contributed by atoms with Gasteiger partial charge < -0.3 is 19.7 Å². The maximum Gasteiger partial charge on any atom is 0.254 e. The van der Waals surface area contributed by atoms with Gasteiger partial charge in [0.15, 0.2) is 0 Å². The van der Waals surface area contributed by atoms with Crippen LogP contribution in [0.4, 0.5) is 5.69 Å². The van der Waals surface area contributed by atoms with E-state index in [0.29, 0.717) is 63.2 Å². The third kappa shape index (κ3) is 7.18. The molecule has 0 atom stereocenters. The first-order valence-electron chi connectivity index (χ1n) is 11.2. The fraction of sp³-hybridized carbons (Fsp3) is 0.636. The predicted octanol–water partition coefficient (Wildman–Crippen LogP) is 1.39. The zero-order chi connectivity index (χ0) is 23.0. The maximum absolute atomic E-state index is 12.6. The Morgan fingerprint density at radius 2 is 1.81 bits per heavy atom. The minimum absolute atomic E-state index is 0.122. The number of carbonyl (C=O) groups is 2. The van der Waals surface area contributed by atoms with Gasteiger partial charge in [-0.1, -0.05) is 12.8 Å². The molecule has 3 rings (SSSR count). The van der Waals surface area contributed by atoms with E-state index in [1.54, 1.807) is 29.2 Å². The van der Waals surface area contributed by atoms with Gasteiger partial charge in [0.1, 0.15) is 6.54 Å². The minimum Gasteiger partial charge on any atom is -0.378 e. The van der Waals surface area contributed by atoms with Gasteiger partial charge in [-0.05, 0) is 43.5 Å². The number of amides is 2. The first-order chi connectivity index (χ1) is 15.3. The van der Waals surface area contributed by atoms with Crippen LogP contribution in [-0.4, -0.2) is 83.5 Å². The van der Waals surface area contributed by atoms with Gasteiger partial charge in [0, 0.05) is 31.8 Å². The molecule has 32 heavy (non-hydrogen) atoms. The summed E-state index contributed by atoms with van der Waals surface area (Å²) >= 11 is 0. The lowest BCUT2D eigenvalue weighted by Gasteiger charge is -2.27. The van der Waals surface area contributed by atoms with Crippen molar-refractivity contribution in [1.82, 2.24) is 10.2 Å². The standard InChI is InChI=1S/C22H33N3O6S/c1-32(28,29)25(17-21(26)23-11-4-14-31-20-5-2-3-6-20)19-9-7-18(8-10-19)22(27)24-12-15-30-16-13-24/h7-10,20H,2-6,11-17H2,1H3,(H,23,26). The Hall–Kier alpha value is -2.17. The Morgan fingerprint density at radius 3 is 2.44 bits per heavy atom. The summed E-state index contributed by atoms with van der Waals surface area (Å²) in [5.74, 6) is -0.506. The molecule has 1 aliphatic carbocycles. The quantitative estimate of drug-likeness (QED) is 0.522. The van der Waals surface area contributed by atoms with Crippen molar-refractivity contribution in [2.75, 3.05) is 56.6 Å². The normalized spacial score (nSPS) is 17.3. The SMILES string of the molecule is CS(=O)(=O)N(CC(=O)NCCCOC1CCCC1)c1ccc(C(=O)N2CCOCC2)cc1. The molecule has 0 spiro atoms. The van der Waals surface area contributed by atoms with Gasteiger partial charge in [-0.3, -0.25) is 13.9 Å².